The molecule has 1 heterocycles. The minimum atomic E-state index is -0.207. The number of anilines is 1. The Labute approximate surface area is 151 Å². The number of amides is 1. The zero-order valence-electron chi connectivity index (χ0n) is 14.9. The van der Waals surface area contributed by atoms with Crippen LogP contribution in [-0.4, -0.2) is 17.5 Å². The van der Waals surface area contributed by atoms with E-state index in [1.54, 1.807) is 0 Å². The van der Waals surface area contributed by atoms with Gasteiger partial charge in [-0.3, -0.25) is 10.1 Å². The second-order valence-corrected chi connectivity index (χ2v) is 7.51. The zero-order chi connectivity index (χ0) is 18.0. The van der Waals surface area contributed by atoms with Crippen molar-refractivity contribution in [2.24, 2.45) is 0 Å². The van der Waals surface area contributed by atoms with E-state index in [-0.39, 0.29) is 12.5 Å². The predicted molar refractivity (Wildman–Crippen MR) is 104 cm³/mol. The van der Waals surface area contributed by atoms with Gasteiger partial charge in [0.2, 0.25) is 0 Å². The molecule has 3 aromatic rings. The number of ether oxygens (including phenoxy) is 1. The minimum absolute atomic E-state index is 0.0328. The Bertz CT molecular complexity index is 898. The van der Waals surface area contributed by atoms with Gasteiger partial charge in [-0.25, -0.2) is 4.98 Å². The second kappa shape index (κ2) is 7.23. The lowest BCUT2D eigenvalue weighted by molar-refractivity contribution is -0.118. The van der Waals surface area contributed by atoms with Crippen LogP contribution in [0.2, 0.25) is 0 Å². The number of carbonyl (C=O) groups excluding carboxylic acids is 1. The maximum atomic E-state index is 12.1. The summed E-state index contributed by atoms with van der Waals surface area (Å²) in [5, 5.41) is 3.43. The van der Waals surface area contributed by atoms with E-state index < -0.39 is 0 Å². The Morgan fingerprint density at radius 3 is 2.60 bits per heavy atom. The number of hydrogen-bond acceptors (Lipinski definition) is 4. The van der Waals surface area contributed by atoms with Crippen LogP contribution in [0.1, 0.15) is 36.5 Å². The molecule has 0 saturated carbocycles. The summed E-state index contributed by atoms with van der Waals surface area (Å²) in [6.07, 6.45) is 0. The molecule has 2 aromatic carbocycles. The Balaban J connectivity index is 1.61. The molecule has 0 aliphatic carbocycles. The lowest BCUT2D eigenvalue weighted by Gasteiger charge is -2.08. The number of nitrogens with zero attached hydrogens (tertiary/aromatic N) is 1. The van der Waals surface area contributed by atoms with Gasteiger partial charge in [0.25, 0.3) is 5.91 Å². The van der Waals surface area contributed by atoms with Crippen molar-refractivity contribution in [1.29, 1.82) is 0 Å². The van der Waals surface area contributed by atoms with Crippen molar-refractivity contribution in [3.05, 3.63) is 53.1 Å². The highest BCUT2D eigenvalue weighted by Crippen LogP contribution is 2.29. The van der Waals surface area contributed by atoms with E-state index in [2.05, 4.69) is 37.1 Å². The summed E-state index contributed by atoms with van der Waals surface area (Å²) >= 11 is 1.49. The van der Waals surface area contributed by atoms with E-state index in [4.69, 9.17) is 4.74 Å². The lowest BCUT2D eigenvalue weighted by Crippen LogP contribution is -2.20. The first-order valence-electron chi connectivity index (χ1n) is 8.33. The number of aryl methyl sites for hydroxylation is 2. The Morgan fingerprint density at radius 2 is 1.92 bits per heavy atom. The first kappa shape index (κ1) is 17.4. The van der Waals surface area contributed by atoms with E-state index in [0.717, 1.165) is 10.2 Å². The monoisotopic (exact) mass is 354 g/mol. The molecule has 5 heteroatoms. The van der Waals surface area contributed by atoms with Crippen molar-refractivity contribution in [2.45, 2.75) is 33.6 Å². The van der Waals surface area contributed by atoms with E-state index in [0.29, 0.717) is 16.8 Å². The van der Waals surface area contributed by atoms with Crippen molar-refractivity contribution in [1.82, 2.24) is 4.98 Å². The highest BCUT2D eigenvalue weighted by Gasteiger charge is 2.10. The average Bonchev–Trinajstić information content (AvgIpc) is 2.96. The van der Waals surface area contributed by atoms with E-state index >= 15 is 0 Å². The van der Waals surface area contributed by atoms with Gasteiger partial charge in [0, 0.05) is 0 Å². The van der Waals surface area contributed by atoms with Crippen LogP contribution in [-0.2, 0) is 4.79 Å². The molecular weight excluding hydrogens is 332 g/mol. The quantitative estimate of drug-likeness (QED) is 0.697. The molecule has 0 spiro atoms. The van der Waals surface area contributed by atoms with Crippen LogP contribution >= 0.6 is 11.3 Å². The van der Waals surface area contributed by atoms with Crippen LogP contribution in [0.3, 0.4) is 0 Å². The number of rotatable bonds is 5. The van der Waals surface area contributed by atoms with Gasteiger partial charge in [-0.1, -0.05) is 43.4 Å². The van der Waals surface area contributed by atoms with Crippen LogP contribution in [0.15, 0.2) is 36.4 Å². The molecule has 1 amide bonds. The van der Waals surface area contributed by atoms with Crippen LogP contribution in [0.5, 0.6) is 5.75 Å². The van der Waals surface area contributed by atoms with Gasteiger partial charge in [0.05, 0.1) is 10.2 Å². The maximum Gasteiger partial charge on any atom is 0.264 e. The summed E-state index contributed by atoms with van der Waals surface area (Å²) < 4.78 is 6.66. The molecule has 0 fully saturated rings. The molecule has 4 nitrogen and oxygen atoms in total. The van der Waals surface area contributed by atoms with Crippen LogP contribution in [0, 0.1) is 13.8 Å². The number of fused-ring (bicyclic) bond motifs is 1. The molecule has 0 atom stereocenters. The van der Waals surface area contributed by atoms with Crippen molar-refractivity contribution in [3.8, 4) is 5.75 Å². The third-order valence-electron chi connectivity index (χ3n) is 3.98. The highest BCUT2D eigenvalue weighted by atomic mass is 32.1. The number of aromatic nitrogens is 1. The topological polar surface area (TPSA) is 51.2 Å². The van der Waals surface area contributed by atoms with E-state index in [1.807, 2.05) is 37.3 Å². The number of carbonyl (C=O) groups is 1. The molecule has 0 unspecified atom stereocenters. The maximum absolute atomic E-state index is 12.1. The second-order valence-electron chi connectivity index (χ2n) is 6.51. The SMILES string of the molecule is Cc1cc(C)c2sc(NC(=O)COc3ccc(C(C)C)cc3)nc2c1. The minimum Gasteiger partial charge on any atom is -0.484 e. The molecule has 0 radical (unpaired) electrons. The lowest BCUT2D eigenvalue weighted by atomic mass is 10.0. The molecule has 0 aliphatic heterocycles. The van der Waals surface area contributed by atoms with Gasteiger partial charge in [-0.2, -0.15) is 0 Å². The third-order valence-corrected chi connectivity index (χ3v) is 5.11. The molecule has 1 aromatic heterocycles. The zero-order valence-corrected chi connectivity index (χ0v) is 15.7. The van der Waals surface area contributed by atoms with Crippen molar-refractivity contribution in [3.63, 3.8) is 0 Å². The molecule has 0 saturated heterocycles. The smallest absolute Gasteiger partial charge is 0.264 e. The Morgan fingerprint density at radius 1 is 1.20 bits per heavy atom. The van der Waals surface area contributed by atoms with Crippen molar-refractivity contribution in [2.75, 3.05) is 11.9 Å². The summed E-state index contributed by atoms with van der Waals surface area (Å²) in [4.78, 5) is 16.6. The van der Waals surface area contributed by atoms with Gasteiger partial charge in [0.1, 0.15) is 5.75 Å². The van der Waals surface area contributed by atoms with Gasteiger partial charge in [-0.15, -0.1) is 0 Å². The van der Waals surface area contributed by atoms with Gasteiger partial charge >= 0.3 is 0 Å². The Kier molecular flexibility index (Phi) is 5.04. The normalized spacial score (nSPS) is 11.1. The van der Waals surface area contributed by atoms with E-state index in [9.17, 15) is 4.79 Å². The summed E-state index contributed by atoms with van der Waals surface area (Å²) in [5.74, 6) is 0.958. The van der Waals surface area contributed by atoms with Crippen LogP contribution in [0.25, 0.3) is 10.2 Å². The average molecular weight is 354 g/mol. The summed E-state index contributed by atoms with van der Waals surface area (Å²) in [6, 6.07) is 12.0. The van der Waals surface area contributed by atoms with Crippen molar-refractivity contribution < 1.29 is 9.53 Å². The number of thiazole rings is 1. The highest BCUT2D eigenvalue weighted by molar-refractivity contribution is 7.22. The van der Waals surface area contributed by atoms with Crippen LogP contribution < -0.4 is 10.1 Å². The van der Waals surface area contributed by atoms with Gasteiger partial charge in [-0.05, 0) is 54.7 Å². The van der Waals surface area contributed by atoms with Gasteiger partial charge in [0.15, 0.2) is 11.7 Å². The molecule has 130 valence electrons. The largest absolute Gasteiger partial charge is 0.484 e. The van der Waals surface area contributed by atoms with Crippen LogP contribution in [0.4, 0.5) is 5.13 Å². The molecule has 1 N–H and O–H groups in total. The first-order valence-corrected chi connectivity index (χ1v) is 9.14. The standard InChI is InChI=1S/C20H22N2O2S/c1-12(2)15-5-7-16(8-6-15)24-11-18(23)22-20-21-17-10-13(3)9-14(4)19(17)25-20/h5-10,12H,11H2,1-4H3,(H,21,22,23). The first-order chi connectivity index (χ1) is 11.9. The van der Waals surface area contributed by atoms with Crippen molar-refractivity contribution >= 4 is 32.6 Å². The summed E-state index contributed by atoms with van der Waals surface area (Å²) in [6.45, 7) is 8.36. The number of hydrogen-bond donors (Lipinski definition) is 1. The molecule has 25 heavy (non-hydrogen) atoms. The fourth-order valence-corrected chi connectivity index (χ4v) is 3.61. The third kappa shape index (κ3) is 4.17. The molecular formula is C20H22N2O2S. The molecule has 0 aliphatic rings. The molecule has 3 rings (SSSR count). The number of benzene rings is 2. The van der Waals surface area contributed by atoms with Gasteiger partial charge < -0.3 is 4.74 Å². The number of nitrogens with one attached hydrogen (secondary N) is 1. The fraction of sp³-hybridized carbons (Fsp3) is 0.300. The molecule has 0 bridgehead atoms. The summed E-state index contributed by atoms with van der Waals surface area (Å²) in [7, 11) is 0. The predicted octanol–water partition coefficient (Wildman–Crippen LogP) is 5.05. The van der Waals surface area contributed by atoms with E-state index in [1.165, 1.54) is 28.0 Å². The fourth-order valence-electron chi connectivity index (χ4n) is 2.68. The Hall–Kier alpha value is -2.40. The summed E-state index contributed by atoms with van der Waals surface area (Å²) in [5.41, 5.74) is 4.51.